The van der Waals surface area contributed by atoms with Gasteiger partial charge in [-0.1, -0.05) is 11.6 Å². The highest BCUT2D eigenvalue weighted by atomic mass is 79.9. The van der Waals surface area contributed by atoms with Crippen LogP contribution < -0.4 is 9.64 Å². The molecule has 1 saturated heterocycles. The maximum Gasteiger partial charge on any atom is 0.410 e. The topological polar surface area (TPSA) is 67.8 Å². The molecular formula is C18H19BrClFN4O3. The van der Waals surface area contributed by atoms with Crippen molar-refractivity contribution < 1.29 is 18.7 Å². The van der Waals surface area contributed by atoms with Crippen molar-refractivity contribution in [3.8, 4) is 5.75 Å². The maximum atomic E-state index is 14.7. The van der Waals surface area contributed by atoms with Crippen molar-refractivity contribution in [1.29, 1.82) is 0 Å². The highest BCUT2D eigenvalue weighted by molar-refractivity contribution is 9.10. The molecule has 1 aromatic heterocycles. The van der Waals surface area contributed by atoms with Crippen LogP contribution in [0.25, 0.3) is 10.9 Å². The molecule has 3 heterocycles. The predicted octanol–water partition coefficient (Wildman–Crippen LogP) is 4.00. The quantitative estimate of drug-likeness (QED) is 0.539. The van der Waals surface area contributed by atoms with Crippen LogP contribution in [0.3, 0.4) is 0 Å². The molecular weight excluding hydrogens is 455 g/mol. The van der Waals surface area contributed by atoms with Crippen LogP contribution in [-0.2, 0) is 4.74 Å². The van der Waals surface area contributed by atoms with Crippen LogP contribution >= 0.6 is 27.5 Å². The van der Waals surface area contributed by atoms with Crippen LogP contribution in [0.4, 0.5) is 15.0 Å². The number of carbonyl (C=O) groups is 1. The number of rotatable bonds is 0. The number of benzene rings is 1. The zero-order chi connectivity index (χ0) is 20.2. The van der Waals surface area contributed by atoms with Gasteiger partial charge in [0.1, 0.15) is 34.9 Å². The summed E-state index contributed by atoms with van der Waals surface area (Å²) in [5.74, 6) is 0.347. The van der Waals surface area contributed by atoms with Gasteiger partial charge in [0.05, 0.1) is 15.9 Å². The average molecular weight is 474 g/mol. The van der Waals surface area contributed by atoms with Gasteiger partial charge >= 0.3 is 6.09 Å². The summed E-state index contributed by atoms with van der Waals surface area (Å²) in [6.45, 7) is 7.13. The zero-order valence-electron chi connectivity index (χ0n) is 15.6. The van der Waals surface area contributed by atoms with Crippen LogP contribution in [0.15, 0.2) is 10.8 Å². The molecule has 1 fully saturated rings. The Morgan fingerprint density at radius 1 is 1.39 bits per heavy atom. The SMILES string of the molecule is CC(C)(C)OC(=O)N1CCN2c3ncnc4c(F)c(Br)c(Cl)c(c34)OC[C@@H]2C1. The van der Waals surface area contributed by atoms with Crippen LogP contribution in [0, 0.1) is 5.82 Å². The number of ether oxygens (including phenoxy) is 2. The molecule has 28 heavy (non-hydrogen) atoms. The van der Waals surface area contributed by atoms with Crippen LogP contribution in [0.1, 0.15) is 20.8 Å². The van der Waals surface area contributed by atoms with Gasteiger partial charge in [0.15, 0.2) is 11.6 Å². The second-order valence-corrected chi connectivity index (χ2v) is 8.95. The number of nitrogens with zero attached hydrogens (tertiary/aromatic N) is 4. The number of fused-ring (bicyclic) bond motifs is 2. The number of carbonyl (C=O) groups excluding carboxylic acids is 1. The van der Waals surface area contributed by atoms with Gasteiger partial charge < -0.3 is 19.3 Å². The van der Waals surface area contributed by atoms with Gasteiger partial charge in [-0.25, -0.2) is 19.2 Å². The van der Waals surface area contributed by atoms with Crippen molar-refractivity contribution in [2.75, 3.05) is 31.1 Å². The number of halogens is 3. The lowest BCUT2D eigenvalue weighted by atomic mass is 10.1. The summed E-state index contributed by atoms with van der Waals surface area (Å²) < 4.78 is 26.2. The number of amides is 1. The molecule has 150 valence electrons. The molecule has 0 unspecified atom stereocenters. The minimum absolute atomic E-state index is 0.108. The smallest absolute Gasteiger partial charge is 0.410 e. The second kappa shape index (κ2) is 6.88. The zero-order valence-corrected chi connectivity index (χ0v) is 18.0. The molecule has 1 aromatic carbocycles. The average Bonchev–Trinajstić information content (AvgIpc) is 2.80. The van der Waals surface area contributed by atoms with Crippen molar-refractivity contribution in [2.24, 2.45) is 0 Å². The lowest BCUT2D eigenvalue weighted by molar-refractivity contribution is 0.0202. The van der Waals surface area contributed by atoms with Gasteiger partial charge in [-0.2, -0.15) is 0 Å². The lowest BCUT2D eigenvalue weighted by Gasteiger charge is -2.41. The largest absolute Gasteiger partial charge is 0.489 e. The van der Waals surface area contributed by atoms with Gasteiger partial charge in [0.2, 0.25) is 0 Å². The number of piperazine rings is 1. The van der Waals surface area contributed by atoms with Crippen molar-refractivity contribution in [3.63, 3.8) is 0 Å². The molecule has 1 atom stereocenters. The molecule has 1 amide bonds. The molecule has 2 aliphatic heterocycles. The summed E-state index contributed by atoms with van der Waals surface area (Å²) in [4.78, 5) is 24.6. The minimum Gasteiger partial charge on any atom is -0.489 e. The third-order valence-corrected chi connectivity index (χ3v) is 6.01. The third-order valence-electron chi connectivity index (χ3n) is 4.67. The number of aromatic nitrogens is 2. The fraction of sp³-hybridized carbons (Fsp3) is 0.500. The van der Waals surface area contributed by atoms with E-state index in [9.17, 15) is 9.18 Å². The Balaban J connectivity index is 1.71. The normalized spacial score (nSPS) is 19.1. The van der Waals surface area contributed by atoms with Gasteiger partial charge in [-0.3, -0.25) is 0 Å². The Labute approximate surface area is 174 Å². The predicted molar refractivity (Wildman–Crippen MR) is 107 cm³/mol. The van der Waals surface area contributed by atoms with E-state index >= 15 is 0 Å². The van der Waals surface area contributed by atoms with E-state index in [1.165, 1.54) is 6.33 Å². The fourth-order valence-electron chi connectivity index (χ4n) is 3.46. The Morgan fingerprint density at radius 2 is 2.14 bits per heavy atom. The molecule has 0 aliphatic carbocycles. The lowest BCUT2D eigenvalue weighted by Crippen LogP contribution is -2.57. The van der Waals surface area contributed by atoms with E-state index in [1.807, 2.05) is 25.7 Å². The molecule has 0 spiro atoms. The summed E-state index contributed by atoms with van der Waals surface area (Å²) in [5, 5.41) is 0.589. The van der Waals surface area contributed by atoms with E-state index in [-0.39, 0.29) is 33.8 Å². The molecule has 0 radical (unpaired) electrons. The van der Waals surface area contributed by atoms with E-state index in [2.05, 4.69) is 25.9 Å². The molecule has 7 nitrogen and oxygen atoms in total. The number of hydrogen-bond donors (Lipinski definition) is 0. The Hall–Kier alpha value is -1.87. The van der Waals surface area contributed by atoms with E-state index < -0.39 is 11.4 Å². The molecule has 10 heteroatoms. The van der Waals surface area contributed by atoms with E-state index in [0.717, 1.165) is 0 Å². The minimum atomic E-state index is -0.569. The maximum absolute atomic E-state index is 14.7. The van der Waals surface area contributed by atoms with Crippen molar-refractivity contribution in [3.05, 3.63) is 21.6 Å². The number of anilines is 1. The molecule has 4 rings (SSSR count). The molecule has 2 aromatic rings. The van der Waals surface area contributed by atoms with Crippen LogP contribution in [0.5, 0.6) is 5.75 Å². The van der Waals surface area contributed by atoms with Crippen molar-refractivity contribution in [1.82, 2.24) is 14.9 Å². The Morgan fingerprint density at radius 3 is 2.86 bits per heavy atom. The monoisotopic (exact) mass is 472 g/mol. The van der Waals surface area contributed by atoms with Crippen LogP contribution in [-0.4, -0.2) is 58.8 Å². The second-order valence-electron chi connectivity index (χ2n) is 7.78. The summed E-state index contributed by atoms with van der Waals surface area (Å²) in [6.07, 6.45) is 0.960. The van der Waals surface area contributed by atoms with Gasteiger partial charge in [-0.15, -0.1) is 0 Å². The molecule has 0 bridgehead atoms. The first-order valence-electron chi connectivity index (χ1n) is 8.86. The highest BCUT2D eigenvalue weighted by Gasteiger charge is 2.37. The van der Waals surface area contributed by atoms with E-state index in [4.69, 9.17) is 21.1 Å². The first-order valence-corrected chi connectivity index (χ1v) is 10.0. The van der Waals surface area contributed by atoms with Crippen molar-refractivity contribution >= 4 is 50.3 Å². The Kier molecular flexibility index (Phi) is 4.78. The van der Waals surface area contributed by atoms with Crippen molar-refractivity contribution in [2.45, 2.75) is 32.4 Å². The van der Waals surface area contributed by atoms with E-state index in [0.29, 0.717) is 36.6 Å². The molecule has 0 saturated carbocycles. The van der Waals surface area contributed by atoms with E-state index in [1.54, 1.807) is 4.90 Å². The summed E-state index contributed by atoms with van der Waals surface area (Å²) in [5.41, 5.74) is -0.424. The number of hydrogen-bond acceptors (Lipinski definition) is 6. The highest BCUT2D eigenvalue weighted by Crippen LogP contribution is 2.46. The fourth-order valence-corrected chi connectivity index (χ4v) is 4.06. The van der Waals surface area contributed by atoms with Gasteiger partial charge in [0.25, 0.3) is 0 Å². The molecule has 2 aliphatic rings. The first kappa shape index (κ1) is 19.4. The summed E-state index contributed by atoms with van der Waals surface area (Å²) >= 11 is 9.50. The van der Waals surface area contributed by atoms with Gasteiger partial charge in [0, 0.05) is 19.6 Å². The summed E-state index contributed by atoms with van der Waals surface area (Å²) in [6, 6.07) is -0.176. The van der Waals surface area contributed by atoms with Crippen LogP contribution in [0.2, 0.25) is 5.02 Å². The third kappa shape index (κ3) is 3.24. The Bertz CT molecular complexity index is 968. The molecule has 0 N–H and O–H groups in total. The standard InChI is InChI=1S/C18H19BrClFN4O3/c1-18(2,3)28-17(26)24-4-5-25-9(6-24)7-27-15-10-14(22-8-23-16(10)25)13(21)11(19)12(15)20/h8-9H,4-7H2,1-3H3/t9-/m0/s1. The summed E-state index contributed by atoms with van der Waals surface area (Å²) in [7, 11) is 0. The first-order chi connectivity index (χ1) is 13.2. The van der Waals surface area contributed by atoms with Gasteiger partial charge in [-0.05, 0) is 36.7 Å².